The second kappa shape index (κ2) is 12.6. The summed E-state index contributed by atoms with van der Waals surface area (Å²) in [6.07, 6.45) is 7.29. The summed E-state index contributed by atoms with van der Waals surface area (Å²) < 4.78 is 0. The van der Waals surface area contributed by atoms with Gasteiger partial charge in [-0.15, -0.1) is 0 Å². The molecular weight excluding hydrogens is 701 g/mol. The smallest absolute Gasteiger partial charge is 0.0520 e. The Hall–Kier alpha value is -5.34. The highest BCUT2D eigenvalue weighted by atomic mass is 15.3. The van der Waals surface area contributed by atoms with Crippen molar-refractivity contribution >= 4 is 44.3 Å². The first kappa shape index (κ1) is 35.8. The number of fused-ring (bicyclic) bond motifs is 8. The Kier molecular flexibility index (Phi) is 7.76. The summed E-state index contributed by atoms with van der Waals surface area (Å²) in [6.45, 7) is 15.1. The standard InChI is InChI=1S/C56H56N2/c1-37-29-31-53(3)47-33-39(25-27-49(47)57(55(53,5)35-37)41-17-9-7-10-18-41)51-43-21-13-15-23-45(43)52(46-24-16-14-22-44(46)51)40-26-28-50-48(34-40)54(4)32-30-38(2)36-56(54,6)58(50)42-19-11-8-12-20-42/h7-28,33-34,37-38H,29-32,35-36H2,1-6H3. The molecular formula is C56H56N2. The van der Waals surface area contributed by atoms with Crippen molar-refractivity contribution in [2.24, 2.45) is 11.8 Å². The molecule has 6 atom stereocenters. The summed E-state index contributed by atoms with van der Waals surface area (Å²) in [4.78, 5) is 5.40. The molecule has 0 saturated heterocycles. The first-order chi connectivity index (χ1) is 28.1. The topological polar surface area (TPSA) is 6.48 Å². The van der Waals surface area contributed by atoms with Crippen LogP contribution in [0.1, 0.15) is 91.2 Å². The van der Waals surface area contributed by atoms with Crippen molar-refractivity contribution in [1.82, 2.24) is 0 Å². The van der Waals surface area contributed by atoms with Gasteiger partial charge in [-0.05, 0) is 168 Å². The van der Waals surface area contributed by atoms with Gasteiger partial charge in [0.05, 0.1) is 11.1 Å². The average Bonchev–Trinajstić information content (AvgIpc) is 3.57. The van der Waals surface area contributed by atoms with Crippen LogP contribution in [0, 0.1) is 11.8 Å². The SMILES string of the molecule is CC1CCC2(C)c3cc(-c4c5ccccc5c(-c5ccc6c(c5)C5(C)CCC(C)CC5(C)N6c5ccccc5)c5ccccc45)ccc3N(c3ccccc3)C2(C)C1. The molecule has 11 rings (SSSR count). The van der Waals surface area contributed by atoms with Crippen LogP contribution in [0.5, 0.6) is 0 Å². The summed E-state index contributed by atoms with van der Waals surface area (Å²) in [7, 11) is 0. The van der Waals surface area contributed by atoms with E-state index in [4.69, 9.17) is 0 Å². The van der Waals surface area contributed by atoms with Gasteiger partial charge in [0.1, 0.15) is 0 Å². The van der Waals surface area contributed by atoms with E-state index in [0.29, 0.717) is 11.8 Å². The number of anilines is 4. The predicted molar refractivity (Wildman–Crippen MR) is 247 cm³/mol. The maximum absolute atomic E-state index is 2.70. The number of rotatable bonds is 4. The van der Waals surface area contributed by atoms with Gasteiger partial charge in [-0.1, -0.05) is 125 Å². The van der Waals surface area contributed by atoms with E-state index in [1.54, 1.807) is 0 Å². The molecule has 2 heteroatoms. The van der Waals surface area contributed by atoms with Crippen LogP contribution in [0.2, 0.25) is 0 Å². The van der Waals surface area contributed by atoms with Gasteiger partial charge in [-0.3, -0.25) is 0 Å². The third kappa shape index (κ3) is 4.72. The second-order valence-electron chi connectivity index (χ2n) is 19.6. The monoisotopic (exact) mass is 756 g/mol. The van der Waals surface area contributed by atoms with Crippen LogP contribution < -0.4 is 9.80 Å². The lowest BCUT2D eigenvalue weighted by molar-refractivity contribution is 0.154. The summed E-state index contributed by atoms with van der Waals surface area (Å²) in [5.74, 6) is 1.38. The van der Waals surface area contributed by atoms with Crippen molar-refractivity contribution < 1.29 is 0 Å². The van der Waals surface area contributed by atoms with Gasteiger partial charge in [0, 0.05) is 33.6 Å². The third-order valence-corrected chi connectivity index (χ3v) is 16.3. The Labute approximate surface area is 345 Å². The fourth-order valence-electron chi connectivity index (χ4n) is 13.1. The Bertz CT molecular complexity index is 2510. The Morgan fingerprint density at radius 3 is 1.14 bits per heavy atom. The molecule has 7 aromatic rings. The molecule has 2 fully saturated rings. The Morgan fingerprint density at radius 1 is 0.431 bits per heavy atom. The van der Waals surface area contributed by atoms with Gasteiger partial charge in [-0.2, -0.15) is 0 Å². The number of hydrogen-bond acceptors (Lipinski definition) is 2. The molecule has 0 bridgehead atoms. The molecule has 2 heterocycles. The van der Waals surface area contributed by atoms with Crippen LogP contribution >= 0.6 is 0 Å². The maximum atomic E-state index is 2.70. The van der Waals surface area contributed by atoms with E-state index in [1.165, 1.54) is 116 Å². The predicted octanol–water partition coefficient (Wildman–Crippen LogP) is 15.3. The van der Waals surface area contributed by atoms with Gasteiger partial charge in [0.2, 0.25) is 0 Å². The molecule has 2 saturated carbocycles. The number of para-hydroxylation sites is 2. The number of hydrogen-bond donors (Lipinski definition) is 0. The lowest BCUT2D eigenvalue weighted by Crippen LogP contribution is -2.56. The highest BCUT2D eigenvalue weighted by Gasteiger charge is 2.60. The van der Waals surface area contributed by atoms with E-state index in [-0.39, 0.29) is 21.9 Å². The quantitative estimate of drug-likeness (QED) is 0.165. The average molecular weight is 757 g/mol. The van der Waals surface area contributed by atoms with Crippen molar-refractivity contribution in [2.75, 3.05) is 9.80 Å². The maximum Gasteiger partial charge on any atom is 0.0520 e. The molecule has 2 nitrogen and oxygen atoms in total. The molecule has 2 aliphatic carbocycles. The zero-order chi connectivity index (χ0) is 39.6. The van der Waals surface area contributed by atoms with Gasteiger partial charge in [-0.25, -0.2) is 0 Å². The Balaban J connectivity index is 1.12. The van der Waals surface area contributed by atoms with Crippen LogP contribution in [0.4, 0.5) is 22.7 Å². The molecule has 0 aromatic heterocycles. The minimum absolute atomic E-state index is 0.00623. The fourth-order valence-corrected chi connectivity index (χ4v) is 13.1. The molecule has 290 valence electrons. The molecule has 2 aliphatic heterocycles. The summed E-state index contributed by atoms with van der Waals surface area (Å²) in [5, 5.41) is 5.31. The highest BCUT2D eigenvalue weighted by Crippen LogP contribution is 2.64. The highest BCUT2D eigenvalue weighted by molar-refractivity contribution is 6.21. The van der Waals surface area contributed by atoms with Gasteiger partial charge >= 0.3 is 0 Å². The van der Waals surface area contributed by atoms with Crippen LogP contribution in [0.15, 0.2) is 146 Å². The zero-order valence-electron chi connectivity index (χ0n) is 35.1. The minimum atomic E-state index is -0.00623. The molecule has 58 heavy (non-hydrogen) atoms. The molecule has 0 spiro atoms. The van der Waals surface area contributed by atoms with Crippen LogP contribution in [0.25, 0.3) is 43.8 Å². The lowest BCUT2D eigenvalue weighted by Gasteiger charge is -2.52. The third-order valence-electron chi connectivity index (χ3n) is 16.3. The van der Waals surface area contributed by atoms with E-state index in [2.05, 4.69) is 197 Å². The largest absolute Gasteiger partial charge is 0.334 e. The lowest BCUT2D eigenvalue weighted by atomic mass is 9.59. The minimum Gasteiger partial charge on any atom is -0.334 e. The summed E-state index contributed by atoms with van der Waals surface area (Å²) >= 11 is 0. The Morgan fingerprint density at radius 2 is 0.776 bits per heavy atom. The van der Waals surface area contributed by atoms with Crippen LogP contribution in [-0.2, 0) is 10.8 Å². The first-order valence-electron chi connectivity index (χ1n) is 22.0. The molecule has 6 unspecified atom stereocenters. The molecule has 0 N–H and O–H groups in total. The van der Waals surface area contributed by atoms with Crippen molar-refractivity contribution in [2.45, 2.75) is 102 Å². The molecule has 0 radical (unpaired) electrons. The van der Waals surface area contributed by atoms with Gasteiger partial charge < -0.3 is 9.80 Å². The van der Waals surface area contributed by atoms with Crippen molar-refractivity contribution in [1.29, 1.82) is 0 Å². The number of benzene rings is 7. The van der Waals surface area contributed by atoms with Crippen LogP contribution in [-0.4, -0.2) is 11.1 Å². The van der Waals surface area contributed by atoms with Crippen molar-refractivity contribution in [3.8, 4) is 22.3 Å². The van der Waals surface area contributed by atoms with Crippen molar-refractivity contribution in [3.05, 3.63) is 157 Å². The van der Waals surface area contributed by atoms with E-state index >= 15 is 0 Å². The normalized spacial score (nSPS) is 28.7. The van der Waals surface area contributed by atoms with Gasteiger partial charge in [0.25, 0.3) is 0 Å². The summed E-state index contributed by atoms with van der Waals surface area (Å²) in [5.41, 5.74) is 13.7. The summed E-state index contributed by atoms with van der Waals surface area (Å²) in [6, 6.07) is 55.7. The fraction of sp³-hybridized carbons (Fsp3) is 0.321. The first-order valence-corrected chi connectivity index (χ1v) is 22.0. The molecule has 7 aromatic carbocycles. The number of nitrogens with zero attached hydrogens (tertiary/aromatic N) is 2. The van der Waals surface area contributed by atoms with E-state index < -0.39 is 0 Å². The second-order valence-corrected chi connectivity index (χ2v) is 19.6. The molecule has 0 amide bonds. The van der Waals surface area contributed by atoms with Crippen molar-refractivity contribution in [3.63, 3.8) is 0 Å². The van der Waals surface area contributed by atoms with Crippen LogP contribution in [0.3, 0.4) is 0 Å². The molecule has 4 aliphatic rings. The zero-order valence-corrected chi connectivity index (χ0v) is 35.1. The van der Waals surface area contributed by atoms with E-state index in [0.717, 1.165) is 0 Å². The van der Waals surface area contributed by atoms with E-state index in [9.17, 15) is 0 Å². The van der Waals surface area contributed by atoms with E-state index in [1.807, 2.05) is 0 Å². The van der Waals surface area contributed by atoms with Gasteiger partial charge in [0.15, 0.2) is 0 Å².